The van der Waals surface area contributed by atoms with Gasteiger partial charge in [-0.15, -0.1) is 0 Å². The van der Waals surface area contributed by atoms with Gasteiger partial charge in [0.25, 0.3) is 0 Å². The van der Waals surface area contributed by atoms with Crippen LogP contribution in [0.25, 0.3) is 5.57 Å². The number of carboxylic acid groups (broad SMARTS) is 1. The van der Waals surface area contributed by atoms with Crippen LogP contribution in [0.1, 0.15) is 24.1 Å². The van der Waals surface area contributed by atoms with Crippen molar-refractivity contribution >= 4 is 33.0 Å². The van der Waals surface area contributed by atoms with Crippen molar-refractivity contribution in [1.82, 2.24) is 10.0 Å². The molecule has 0 aliphatic carbocycles. The summed E-state index contributed by atoms with van der Waals surface area (Å²) in [6.45, 7) is 2.36. The fourth-order valence-corrected chi connectivity index (χ4v) is 4.32. The van der Waals surface area contributed by atoms with E-state index in [-0.39, 0.29) is 16.6 Å². The Hall–Kier alpha value is -2.35. The third-order valence-corrected chi connectivity index (χ3v) is 6.20. The van der Waals surface area contributed by atoms with Crippen LogP contribution in [-0.2, 0) is 14.6 Å². The normalized spacial score (nSPS) is 18.0. The zero-order valence-electron chi connectivity index (χ0n) is 15.8. The van der Waals surface area contributed by atoms with Gasteiger partial charge in [-0.3, -0.25) is 5.01 Å². The molecule has 0 aromatic heterocycles. The average Bonchev–Trinajstić information content (AvgIpc) is 2.94. The summed E-state index contributed by atoms with van der Waals surface area (Å²) in [6.07, 6.45) is 1.16. The highest BCUT2D eigenvalue weighted by Crippen LogP contribution is 2.44. The number of carbonyl (C=O) groups is 1. The van der Waals surface area contributed by atoms with E-state index in [2.05, 4.69) is 0 Å². The molecule has 1 aliphatic heterocycles. The van der Waals surface area contributed by atoms with Gasteiger partial charge in [-0.2, -0.15) is 0 Å². The van der Waals surface area contributed by atoms with E-state index in [0.717, 1.165) is 17.4 Å². The van der Waals surface area contributed by atoms with Crippen molar-refractivity contribution in [2.24, 2.45) is 0 Å². The fourth-order valence-electron chi connectivity index (χ4n) is 3.56. The summed E-state index contributed by atoms with van der Waals surface area (Å²) in [4.78, 5) is 12.3. The molecule has 0 radical (unpaired) electrons. The highest BCUT2D eigenvalue weighted by molar-refractivity contribution is 7.90. The minimum absolute atomic E-state index is 0.199. The molecule has 1 N–H and O–H groups in total. The van der Waals surface area contributed by atoms with E-state index in [4.69, 9.17) is 11.6 Å². The van der Waals surface area contributed by atoms with E-state index < -0.39 is 15.8 Å². The lowest BCUT2D eigenvalue weighted by Gasteiger charge is -2.31. The number of halogens is 1. The molecular formula is C20H21ClN2O4S. The number of nitrogens with zero attached hydrogens (tertiary/aromatic N) is 2. The second-order valence-corrected chi connectivity index (χ2v) is 9.06. The van der Waals surface area contributed by atoms with Crippen LogP contribution in [-0.4, -0.2) is 49.4 Å². The number of benzene rings is 2. The molecule has 8 heteroatoms. The van der Waals surface area contributed by atoms with Gasteiger partial charge in [0.15, 0.2) is 9.84 Å². The van der Waals surface area contributed by atoms with Crippen molar-refractivity contribution in [3.63, 3.8) is 0 Å². The van der Waals surface area contributed by atoms with Crippen LogP contribution < -0.4 is 0 Å². The Kier molecular flexibility index (Phi) is 5.52. The number of likely N-dealkylation sites (N-methyl/N-ethyl adjacent to an activating group) is 2. The maximum Gasteiger partial charge on any atom is 0.353 e. The van der Waals surface area contributed by atoms with Crippen molar-refractivity contribution in [3.05, 3.63) is 70.4 Å². The Labute approximate surface area is 169 Å². The number of rotatable bonds is 5. The van der Waals surface area contributed by atoms with Gasteiger partial charge in [-0.1, -0.05) is 35.9 Å². The lowest BCUT2D eigenvalue weighted by molar-refractivity contribution is -0.136. The molecule has 28 heavy (non-hydrogen) atoms. The molecule has 1 atom stereocenters. The minimum Gasteiger partial charge on any atom is -0.477 e. The van der Waals surface area contributed by atoms with Crippen molar-refractivity contribution in [1.29, 1.82) is 0 Å². The fraction of sp³-hybridized carbons (Fsp3) is 0.250. The zero-order valence-corrected chi connectivity index (χ0v) is 17.3. The first-order valence-corrected chi connectivity index (χ1v) is 11.0. The first-order valence-electron chi connectivity index (χ1n) is 8.68. The molecule has 0 amide bonds. The predicted molar refractivity (Wildman–Crippen MR) is 108 cm³/mol. The van der Waals surface area contributed by atoms with Crippen LogP contribution in [0, 0.1) is 0 Å². The molecule has 1 aliphatic rings. The van der Waals surface area contributed by atoms with E-state index in [9.17, 15) is 18.3 Å². The molecule has 148 valence electrons. The summed E-state index contributed by atoms with van der Waals surface area (Å²) in [7, 11) is -1.49. The summed E-state index contributed by atoms with van der Waals surface area (Å²) in [5.74, 6) is -1.02. The van der Waals surface area contributed by atoms with Crippen LogP contribution >= 0.6 is 11.6 Å². The molecule has 0 spiro atoms. The summed E-state index contributed by atoms with van der Waals surface area (Å²) in [6, 6.07) is 13.2. The molecule has 1 unspecified atom stereocenters. The van der Waals surface area contributed by atoms with E-state index in [1.807, 2.05) is 19.0 Å². The lowest BCUT2D eigenvalue weighted by Crippen LogP contribution is -2.37. The predicted octanol–water partition coefficient (Wildman–Crippen LogP) is 3.46. The van der Waals surface area contributed by atoms with Crippen LogP contribution in [0.5, 0.6) is 0 Å². The number of hydrazine groups is 1. The first-order chi connectivity index (χ1) is 13.1. The average molecular weight is 421 g/mol. The Balaban J connectivity index is 2.19. The summed E-state index contributed by atoms with van der Waals surface area (Å²) < 4.78 is 23.5. The maximum absolute atomic E-state index is 12.1. The van der Waals surface area contributed by atoms with Gasteiger partial charge in [0, 0.05) is 30.4 Å². The largest absolute Gasteiger partial charge is 0.477 e. The van der Waals surface area contributed by atoms with Crippen LogP contribution in [0.2, 0.25) is 5.02 Å². The number of hydrogen-bond acceptors (Lipinski definition) is 5. The Morgan fingerprint density at radius 2 is 1.68 bits per heavy atom. The first kappa shape index (κ1) is 20.4. The third kappa shape index (κ3) is 3.65. The van der Waals surface area contributed by atoms with E-state index in [1.165, 1.54) is 0 Å². The number of aliphatic carboxylic acids is 1. The highest BCUT2D eigenvalue weighted by Gasteiger charge is 2.40. The molecule has 6 nitrogen and oxygen atoms in total. The van der Waals surface area contributed by atoms with E-state index in [0.29, 0.717) is 17.1 Å². The SMILES string of the molecule is CCN1C(C(=O)O)=C(c2ccc(Cl)cc2)C(c2ccc(S(C)(=O)=O)cc2)N1C. The van der Waals surface area contributed by atoms with E-state index >= 15 is 0 Å². The Morgan fingerprint density at radius 1 is 1.11 bits per heavy atom. The maximum atomic E-state index is 12.1. The smallest absolute Gasteiger partial charge is 0.353 e. The minimum atomic E-state index is -3.31. The van der Waals surface area contributed by atoms with Crippen molar-refractivity contribution in [2.75, 3.05) is 19.8 Å². The molecule has 0 saturated carbocycles. The molecule has 0 saturated heterocycles. The van der Waals surface area contributed by atoms with Crippen LogP contribution in [0.15, 0.2) is 59.1 Å². The topological polar surface area (TPSA) is 77.9 Å². The van der Waals surface area contributed by atoms with Crippen LogP contribution in [0.4, 0.5) is 0 Å². The van der Waals surface area contributed by atoms with Gasteiger partial charge in [0.2, 0.25) is 0 Å². The van der Waals surface area contributed by atoms with Gasteiger partial charge >= 0.3 is 5.97 Å². The standard InChI is InChI=1S/C20H21ClN2O4S/c1-4-23-19(20(24)25)17(13-5-9-15(21)10-6-13)18(22(23)2)14-7-11-16(12-8-14)28(3,26)27/h5-12,18H,4H2,1-3H3,(H,24,25). The van der Waals surface area contributed by atoms with Gasteiger partial charge < -0.3 is 5.11 Å². The molecule has 3 rings (SSSR count). The highest BCUT2D eigenvalue weighted by atomic mass is 35.5. The second-order valence-electron chi connectivity index (χ2n) is 6.61. The lowest BCUT2D eigenvalue weighted by atomic mass is 9.92. The number of carboxylic acids is 1. The van der Waals surface area contributed by atoms with Crippen molar-refractivity contribution in [2.45, 2.75) is 17.9 Å². The summed E-state index contributed by atoms with van der Waals surface area (Å²) >= 11 is 6.01. The number of sulfone groups is 1. The van der Waals surface area contributed by atoms with E-state index in [1.54, 1.807) is 53.5 Å². The molecule has 2 aromatic carbocycles. The Morgan fingerprint density at radius 3 is 2.14 bits per heavy atom. The number of hydrogen-bond donors (Lipinski definition) is 1. The molecule has 0 fully saturated rings. The molecular weight excluding hydrogens is 400 g/mol. The quantitative estimate of drug-likeness (QED) is 0.798. The van der Waals surface area contributed by atoms with Crippen LogP contribution in [0.3, 0.4) is 0 Å². The van der Waals surface area contributed by atoms with Crippen molar-refractivity contribution in [3.8, 4) is 0 Å². The van der Waals surface area contributed by atoms with Gasteiger partial charge in [-0.05, 0) is 42.3 Å². The van der Waals surface area contributed by atoms with Gasteiger partial charge in [-0.25, -0.2) is 18.2 Å². The van der Waals surface area contributed by atoms with Gasteiger partial charge in [0.1, 0.15) is 5.70 Å². The molecule has 0 bridgehead atoms. The third-order valence-electron chi connectivity index (χ3n) is 4.82. The zero-order chi connectivity index (χ0) is 20.6. The molecule has 2 aromatic rings. The Bertz CT molecular complexity index is 1030. The second kappa shape index (κ2) is 7.58. The summed E-state index contributed by atoms with van der Waals surface area (Å²) in [5.41, 5.74) is 2.39. The monoisotopic (exact) mass is 420 g/mol. The summed E-state index contributed by atoms with van der Waals surface area (Å²) in [5, 5.41) is 14.0. The van der Waals surface area contributed by atoms with Gasteiger partial charge in [0.05, 0.1) is 10.9 Å². The van der Waals surface area contributed by atoms with Crippen molar-refractivity contribution < 1.29 is 18.3 Å². The molecule has 1 heterocycles.